The molecule has 1 rings (SSSR count). The Kier molecular flexibility index (Phi) is 3.66. The van der Waals surface area contributed by atoms with E-state index in [0.29, 0.717) is 6.42 Å². The summed E-state index contributed by atoms with van der Waals surface area (Å²) in [6, 6.07) is 7.28. The van der Waals surface area contributed by atoms with Gasteiger partial charge in [0.2, 0.25) is 0 Å². The number of hydrogen-bond acceptors (Lipinski definition) is 3. The van der Waals surface area contributed by atoms with Crippen LogP contribution in [0.5, 0.6) is 0 Å². The zero-order chi connectivity index (χ0) is 10.6. The molecular formula is C10H14O3S. The van der Waals surface area contributed by atoms with Crippen LogP contribution in [-0.4, -0.2) is 26.4 Å². The summed E-state index contributed by atoms with van der Waals surface area (Å²) < 4.78 is 22.0. The Labute approximate surface area is 84.3 Å². The highest BCUT2D eigenvalue weighted by Gasteiger charge is 2.04. The van der Waals surface area contributed by atoms with E-state index < -0.39 is 9.84 Å². The lowest BCUT2D eigenvalue weighted by molar-refractivity contribution is 0.299. The first-order valence-corrected chi connectivity index (χ1v) is 6.44. The Balaban J connectivity index is 2.83. The molecule has 1 N–H and O–H groups in total. The summed E-state index contributed by atoms with van der Waals surface area (Å²) in [4.78, 5) is 0. The SMILES string of the molecule is CS(=O)(=O)Cc1cccc(CCO)c1. The number of rotatable bonds is 4. The molecule has 0 amide bonds. The molecule has 0 aliphatic heterocycles. The maximum Gasteiger partial charge on any atom is 0.151 e. The van der Waals surface area contributed by atoms with Gasteiger partial charge in [-0.05, 0) is 17.5 Å². The standard InChI is InChI=1S/C10H14O3S/c1-14(12,13)8-10-4-2-3-9(7-10)5-6-11/h2-4,7,11H,5-6,8H2,1H3. The molecule has 1 aromatic carbocycles. The first kappa shape index (κ1) is 11.2. The summed E-state index contributed by atoms with van der Waals surface area (Å²) in [5.74, 6) is 0.0618. The second-order valence-electron chi connectivity index (χ2n) is 3.36. The second kappa shape index (κ2) is 4.57. The number of aliphatic hydroxyl groups excluding tert-OH is 1. The number of benzene rings is 1. The van der Waals surface area contributed by atoms with E-state index in [1.165, 1.54) is 6.26 Å². The van der Waals surface area contributed by atoms with Gasteiger partial charge in [-0.1, -0.05) is 24.3 Å². The highest BCUT2D eigenvalue weighted by molar-refractivity contribution is 7.89. The van der Waals surface area contributed by atoms with Crippen molar-refractivity contribution in [3.63, 3.8) is 0 Å². The molecule has 78 valence electrons. The fraction of sp³-hybridized carbons (Fsp3) is 0.400. The lowest BCUT2D eigenvalue weighted by Gasteiger charge is -2.02. The van der Waals surface area contributed by atoms with Gasteiger partial charge in [-0.15, -0.1) is 0 Å². The minimum Gasteiger partial charge on any atom is -0.396 e. The molecule has 0 aromatic heterocycles. The summed E-state index contributed by atoms with van der Waals surface area (Å²) >= 11 is 0. The smallest absolute Gasteiger partial charge is 0.151 e. The molecule has 0 heterocycles. The predicted molar refractivity (Wildman–Crippen MR) is 55.8 cm³/mol. The van der Waals surface area contributed by atoms with Crippen molar-refractivity contribution in [2.24, 2.45) is 0 Å². The molecule has 14 heavy (non-hydrogen) atoms. The van der Waals surface area contributed by atoms with Crippen molar-refractivity contribution in [1.29, 1.82) is 0 Å². The highest BCUT2D eigenvalue weighted by Crippen LogP contribution is 2.08. The van der Waals surface area contributed by atoms with Gasteiger partial charge in [-0.3, -0.25) is 0 Å². The third-order valence-electron chi connectivity index (χ3n) is 1.82. The molecule has 0 saturated heterocycles. The van der Waals surface area contributed by atoms with E-state index in [4.69, 9.17) is 5.11 Å². The molecule has 4 heteroatoms. The van der Waals surface area contributed by atoms with Gasteiger partial charge < -0.3 is 5.11 Å². The molecule has 0 radical (unpaired) electrons. The zero-order valence-electron chi connectivity index (χ0n) is 8.10. The fourth-order valence-corrected chi connectivity index (χ4v) is 2.09. The van der Waals surface area contributed by atoms with E-state index in [1.54, 1.807) is 6.07 Å². The lowest BCUT2D eigenvalue weighted by Crippen LogP contribution is -2.01. The average Bonchev–Trinajstić information content (AvgIpc) is 2.02. The van der Waals surface area contributed by atoms with Crippen LogP contribution < -0.4 is 0 Å². The summed E-state index contributed by atoms with van der Waals surface area (Å²) in [5.41, 5.74) is 1.74. The molecular weight excluding hydrogens is 200 g/mol. The third-order valence-corrected chi connectivity index (χ3v) is 2.68. The van der Waals surface area contributed by atoms with E-state index in [-0.39, 0.29) is 12.4 Å². The topological polar surface area (TPSA) is 54.4 Å². The normalized spacial score (nSPS) is 11.6. The minimum atomic E-state index is -2.97. The fourth-order valence-electron chi connectivity index (χ4n) is 1.31. The van der Waals surface area contributed by atoms with Crippen LogP contribution in [0, 0.1) is 0 Å². The maximum absolute atomic E-state index is 11.0. The largest absolute Gasteiger partial charge is 0.396 e. The van der Waals surface area contributed by atoms with E-state index in [0.717, 1.165) is 11.1 Å². The van der Waals surface area contributed by atoms with Gasteiger partial charge >= 0.3 is 0 Å². The van der Waals surface area contributed by atoms with Crippen molar-refractivity contribution in [3.8, 4) is 0 Å². The Morgan fingerprint density at radius 1 is 1.29 bits per heavy atom. The van der Waals surface area contributed by atoms with Crippen molar-refractivity contribution >= 4 is 9.84 Å². The van der Waals surface area contributed by atoms with Crippen molar-refractivity contribution in [2.45, 2.75) is 12.2 Å². The summed E-state index contributed by atoms with van der Waals surface area (Å²) in [7, 11) is -2.97. The maximum atomic E-state index is 11.0. The first-order chi connectivity index (χ1) is 6.51. The van der Waals surface area contributed by atoms with Crippen molar-refractivity contribution in [1.82, 2.24) is 0 Å². The number of hydrogen-bond donors (Lipinski definition) is 1. The van der Waals surface area contributed by atoms with Gasteiger partial charge in [0.25, 0.3) is 0 Å². The predicted octanol–water partition coefficient (Wildman–Crippen LogP) is 0.766. The molecule has 0 fully saturated rings. The Morgan fingerprint density at radius 3 is 2.50 bits per heavy atom. The zero-order valence-corrected chi connectivity index (χ0v) is 8.92. The van der Waals surface area contributed by atoms with E-state index in [2.05, 4.69) is 0 Å². The molecule has 0 aliphatic rings. The van der Waals surface area contributed by atoms with E-state index in [1.807, 2.05) is 18.2 Å². The van der Waals surface area contributed by atoms with Crippen molar-refractivity contribution < 1.29 is 13.5 Å². The minimum absolute atomic E-state index is 0.0618. The third kappa shape index (κ3) is 3.89. The van der Waals surface area contributed by atoms with Crippen LogP contribution in [0.3, 0.4) is 0 Å². The van der Waals surface area contributed by atoms with Crippen LogP contribution in [0.1, 0.15) is 11.1 Å². The summed E-state index contributed by atoms with van der Waals surface area (Å²) in [5, 5.41) is 8.72. The molecule has 1 aromatic rings. The van der Waals surface area contributed by atoms with Gasteiger partial charge in [0.15, 0.2) is 9.84 Å². The van der Waals surface area contributed by atoms with Crippen LogP contribution >= 0.6 is 0 Å². The Bertz CT molecular complexity index is 396. The van der Waals surface area contributed by atoms with Gasteiger partial charge in [0.05, 0.1) is 5.75 Å². The van der Waals surface area contributed by atoms with Crippen LogP contribution in [0.2, 0.25) is 0 Å². The Hall–Kier alpha value is -0.870. The molecule has 0 bridgehead atoms. The van der Waals surface area contributed by atoms with Crippen LogP contribution in [0.4, 0.5) is 0 Å². The van der Waals surface area contributed by atoms with Gasteiger partial charge in [-0.25, -0.2) is 8.42 Å². The summed E-state index contributed by atoms with van der Waals surface area (Å²) in [6.07, 6.45) is 1.78. The number of aliphatic hydroxyl groups is 1. The molecule has 0 atom stereocenters. The molecule has 0 unspecified atom stereocenters. The summed E-state index contributed by atoms with van der Waals surface area (Å²) in [6.45, 7) is 0.0856. The number of sulfone groups is 1. The van der Waals surface area contributed by atoms with E-state index >= 15 is 0 Å². The quantitative estimate of drug-likeness (QED) is 0.805. The van der Waals surface area contributed by atoms with Gasteiger partial charge in [-0.2, -0.15) is 0 Å². The van der Waals surface area contributed by atoms with Crippen LogP contribution in [-0.2, 0) is 22.0 Å². The second-order valence-corrected chi connectivity index (χ2v) is 5.50. The molecule has 0 aliphatic carbocycles. The average molecular weight is 214 g/mol. The first-order valence-electron chi connectivity index (χ1n) is 4.37. The van der Waals surface area contributed by atoms with Crippen LogP contribution in [0.15, 0.2) is 24.3 Å². The van der Waals surface area contributed by atoms with Gasteiger partial charge in [0, 0.05) is 12.9 Å². The Morgan fingerprint density at radius 2 is 1.93 bits per heavy atom. The highest BCUT2D eigenvalue weighted by atomic mass is 32.2. The lowest BCUT2D eigenvalue weighted by atomic mass is 10.1. The molecule has 3 nitrogen and oxygen atoms in total. The van der Waals surface area contributed by atoms with E-state index in [9.17, 15) is 8.42 Å². The van der Waals surface area contributed by atoms with Gasteiger partial charge in [0.1, 0.15) is 0 Å². The van der Waals surface area contributed by atoms with Crippen molar-refractivity contribution in [2.75, 3.05) is 12.9 Å². The molecule has 0 saturated carbocycles. The molecule has 0 spiro atoms. The van der Waals surface area contributed by atoms with Crippen molar-refractivity contribution in [3.05, 3.63) is 35.4 Å². The monoisotopic (exact) mass is 214 g/mol. The van der Waals surface area contributed by atoms with Crippen LogP contribution in [0.25, 0.3) is 0 Å².